The third-order valence-corrected chi connectivity index (χ3v) is 10.6. The Morgan fingerprint density at radius 2 is 2.00 bits per heavy atom. The molecule has 4 nitrogen and oxygen atoms in total. The second-order valence-electron chi connectivity index (χ2n) is 4.43. The van der Waals surface area contributed by atoms with Crippen LogP contribution in [0.2, 0.25) is 25.2 Å². The maximum absolute atomic E-state index is 10.6. The summed E-state index contributed by atoms with van der Waals surface area (Å²) in [5.74, 6) is 0. The Bertz CT molecular complexity index is 229. The van der Waals surface area contributed by atoms with Gasteiger partial charge >= 0.3 is 18.2 Å². The highest BCUT2D eigenvalue weighted by molar-refractivity contribution is 7.05. The van der Waals surface area contributed by atoms with Crippen molar-refractivity contribution < 1.29 is 17.5 Å². The van der Waals surface area contributed by atoms with Gasteiger partial charge in [0.2, 0.25) is 0 Å². The van der Waals surface area contributed by atoms with Crippen LogP contribution in [0.1, 0.15) is 26.2 Å². The average Bonchev–Trinajstić information content (AvgIpc) is 2.29. The van der Waals surface area contributed by atoms with Crippen molar-refractivity contribution in [2.24, 2.45) is 0 Å². The molecule has 0 aromatic rings. The summed E-state index contributed by atoms with van der Waals surface area (Å²) in [6, 6.07) is 2.00. The molecule has 0 aliphatic carbocycles. The second kappa shape index (κ2) is 10.2. The van der Waals surface area contributed by atoms with Gasteiger partial charge in [0, 0.05) is 12.7 Å². The van der Waals surface area contributed by atoms with Gasteiger partial charge in [0.25, 0.3) is 8.92 Å². The first-order valence-corrected chi connectivity index (χ1v) is 14.2. The van der Waals surface area contributed by atoms with E-state index in [-0.39, 0.29) is 8.92 Å². The first-order chi connectivity index (χ1) is 8.08. The molecule has 0 saturated carbocycles. The molecule has 0 rings (SSSR count). The lowest BCUT2D eigenvalue weighted by atomic mass is 10.4. The molecule has 0 heterocycles. The highest BCUT2D eigenvalue weighted by Crippen LogP contribution is 2.15. The van der Waals surface area contributed by atoms with Crippen LogP contribution >= 0.6 is 0 Å². The van der Waals surface area contributed by atoms with Gasteiger partial charge in [-0.05, 0) is 13.0 Å². The molecule has 2 atom stereocenters. The van der Waals surface area contributed by atoms with E-state index in [0.717, 1.165) is 31.4 Å². The summed E-state index contributed by atoms with van der Waals surface area (Å²) in [4.78, 5) is 0. The monoisotopic (exact) mass is 306 g/mol. The molecule has 0 spiro atoms. The highest BCUT2D eigenvalue weighted by atomic mass is 29.2. The number of rotatable bonds is 11. The summed E-state index contributed by atoms with van der Waals surface area (Å²) >= 11 is 0. The smallest absolute Gasteiger partial charge is 0.556 e. The standard InChI is InChI=1S/C9H22O4Si4/c1-4-9-17(3,13-14-10)12-7-5-6-8-16(2)15-11/h16H,4-9H2,1-3H3. The molecule has 98 valence electrons. The zero-order chi connectivity index (χ0) is 13.1. The number of hydrogen-bond donors (Lipinski definition) is 0. The van der Waals surface area contributed by atoms with Crippen LogP contribution < -0.4 is 0 Å². The number of hydrogen-bond acceptors (Lipinski definition) is 4. The largest absolute Gasteiger partial charge is 0.580 e. The van der Waals surface area contributed by atoms with Crippen LogP contribution in [0.5, 0.6) is 0 Å². The van der Waals surface area contributed by atoms with Crippen LogP contribution in [0, 0.1) is 0 Å². The van der Waals surface area contributed by atoms with Gasteiger partial charge in [-0.2, -0.15) is 0 Å². The molecule has 8 heteroatoms. The summed E-state index contributed by atoms with van der Waals surface area (Å²) < 4.78 is 32.3. The van der Waals surface area contributed by atoms with Crippen LogP contribution in [0.4, 0.5) is 0 Å². The summed E-state index contributed by atoms with van der Waals surface area (Å²) in [7, 11) is -3.92. The van der Waals surface area contributed by atoms with Gasteiger partial charge in [-0.15, -0.1) is 0 Å². The fourth-order valence-corrected chi connectivity index (χ4v) is 6.56. The molecule has 2 radical (unpaired) electrons. The van der Waals surface area contributed by atoms with E-state index in [1.54, 1.807) is 0 Å². The van der Waals surface area contributed by atoms with Crippen molar-refractivity contribution in [1.82, 2.24) is 0 Å². The van der Waals surface area contributed by atoms with Gasteiger partial charge in [0.05, 0.1) is 8.31 Å². The maximum atomic E-state index is 10.6. The van der Waals surface area contributed by atoms with Crippen molar-refractivity contribution in [2.75, 3.05) is 6.61 Å². The lowest BCUT2D eigenvalue weighted by Gasteiger charge is -2.24. The second-order valence-corrected chi connectivity index (χ2v) is 14.8. The molecule has 0 aliphatic heterocycles. The summed E-state index contributed by atoms with van der Waals surface area (Å²) in [5, 5.41) is 0. The summed E-state index contributed by atoms with van der Waals surface area (Å²) in [5.41, 5.74) is 0. The predicted molar refractivity (Wildman–Crippen MR) is 73.7 cm³/mol. The Hall–Kier alpha value is 0.228. The van der Waals surface area contributed by atoms with Gasteiger partial charge in [0.15, 0.2) is 0 Å². The van der Waals surface area contributed by atoms with Crippen molar-refractivity contribution in [1.29, 1.82) is 0 Å². The van der Waals surface area contributed by atoms with E-state index in [4.69, 9.17) is 8.54 Å². The van der Waals surface area contributed by atoms with Crippen molar-refractivity contribution in [3.05, 3.63) is 0 Å². The summed E-state index contributed by atoms with van der Waals surface area (Å²) in [6.45, 7) is 6.85. The predicted octanol–water partition coefficient (Wildman–Crippen LogP) is 1.65. The third-order valence-electron chi connectivity index (χ3n) is 2.60. The molecule has 0 fully saturated rings. The van der Waals surface area contributed by atoms with Gasteiger partial charge < -0.3 is 17.5 Å². The molecule has 0 aliphatic rings. The molecule has 0 aromatic carbocycles. The van der Waals surface area contributed by atoms with E-state index in [0.29, 0.717) is 6.61 Å². The molecule has 0 bridgehead atoms. The van der Waals surface area contributed by atoms with Gasteiger partial charge in [-0.25, -0.2) is 0 Å². The Balaban J connectivity index is 3.74. The Morgan fingerprint density at radius 3 is 2.53 bits per heavy atom. The van der Waals surface area contributed by atoms with Crippen LogP contribution in [-0.2, 0) is 17.5 Å². The highest BCUT2D eigenvalue weighted by Gasteiger charge is 2.31. The van der Waals surface area contributed by atoms with Crippen molar-refractivity contribution in [3.8, 4) is 0 Å². The molecule has 2 unspecified atom stereocenters. The van der Waals surface area contributed by atoms with Crippen LogP contribution in [0.3, 0.4) is 0 Å². The Kier molecular flexibility index (Phi) is 10.3. The maximum Gasteiger partial charge on any atom is 0.580 e. The third kappa shape index (κ3) is 8.89. The van der Waals surface area contributed by atoms with Crippen molar-refractivity contribution in [2.45, 2.75) is 51.4 Å². The van der Waals surface area contributed by atoms with E-state index in [1.165, 1.54) is 0 Å². The fourth-order valence-electron chi connectivity index (χ4n) is 1.59. The average molecular weight is 307 g/mol. The van der Waals surface area contributed by atoms with Crippen LogP contribution in [0.15, 0.2) is 0 Å². The van der Waals surface area contributed by atoms with Crippen LogP contribution in [0.25, 0.3) is 0 Å². The summed E-state index contributed by atoms with van der Waals surface area (Å²) in [6.07, 6.45) is 3.06. The van der Waals surface area contributed by atoms with Gasteiger partial charge in [-0.3, -0.25) is 0 Å². The fraction of sp³-hybridized carbons (Fsp3) is 1.00. The van der Waals surface area contributed by atoms with Crippen molar-refractivity contribution in [3.63, 3.8) is 0 Å². The van der Waals surface area contributed by atoms with Crippen LogP contribution in [-0.4, -0.2) is 42.1 Å². The van der Waals surface area contributed by atoms with E-state index in [1.807, 2.05) is 6.55 Å². The quantitative estimate of drug-likeness (QED) is 0.430. The minimum absolute atomic E-state index is 0.0756. The molecule has 0 amide bonds. The normalized spacial score (nSPS) is 15.9. The first kappa shape index (κ1) is 17.2. The Labute approximate surface area is 111 Å². The molecule has 0 N–H and O–H groups in total. The molecule has 0 aromatic heterocycles. The van der Waals surface area contributed by atoms with E-state index < -0.39 is 26.5 Å². The van der Waals surface area contributed by atoms with Crippen molar-refractivity contribution >= 4 is 35.4 Å². The van der Waals surface area contributed by atoms with E-state index in [2.05, 4.69) is 13.5 Å². The lowest BCUT2D eigenvalue weighted by molar-refractivity contribution is 0.236. The first-order valence-electron chi connectivity index (χ1n) is 6.14. The topological polar surface area (TPSA) is 52.6 Å². The molecule has 17 heavy (non-hydrogen) atoms. The van der Waals surface area contributed by atoms with Gasteiger partial charge in [-0.1, -0.05) is 32.4 Å². The van der Waals surface area contributed by atoms with E-state index in [9.17, 15) is 8.92 Å². The van der Waals surface area contributed by atoms with E-state index >= 15 is 0 Å². The van der Waals surface area contributed by atoms with Gasteiger partial charge in [0.1, 0.15) is 0 Å². The molecular formula is C9H22O4Si4. The molecular weight excluding hydrogens is 284 g/mol. The minimum Gasteiger partial charge on any atom is -0.556 e. The zero-order valence-electron chi connectivity index (χ0n) is 11.0. The SMILES string of the molecule is CCC[Si](C)(OCCCC[SiH](C)[Si]=O)O[Si]=O. The minimum atomic E-state index is -2.18. The Morgan fingerprint density at radius 1 is 1.29 bits per heavy atom. The zero-order valence-corrected chi connectivity index (χ0v) is 15.1. The number of unbranched alkanes of at least 4 members (excludes halogenated alkanes) is 1. The molecule has 0 saturated heterocycles. The lowest BCUT2D eigenvalue weighted by Crippen LogP contribution is -2.38.